The molecular weight excluding hydrogens is 227 g/mol. The maximum absolute atomic E-state index is 11.8. The fourth-order valence-corrected chi connectivity index (χ4v) is 1.28. The first-order chi connectivity index (χ1) is 7.01. The number of hydrogen-bond donors (Lipinski definition) is 1. The van der Waals surface area contributed by atoms with E-state index in [1.807, 2.05) is 6.07 Å². The molecule has 0 aliphatic rings. The Morgan fingerprint density at radius 2 is 2.00 bits per heavy atom. The molecular formula is C10H11ClF3N. The number of benzene rings is 1. The molecule has 0 amide bonds. The number of halogens is 4. The van der Waals surface area contributed by atoms with Crippen molar-refractivity contribution in [3.8, 4) is 0 Å². The van der Waals surface area contributed by atoms with Crippen molar-refractivity contribution < 1.29 is 13.2 Å². The average Bonchev–Trinajstić information content (AvgIpc) is 2.16. The van der Waals surface area contributed by atoms with Gasteiger partial charge in [-0.2, -0.15) is 13.2 Å². The first-order valence-electron chi connectivity index (χ1n) is 4.47. The van der Waals surface area contributed by atoms with Crippen LogP contribution in [0.1, 0.15) is 12.0 Å². The summed E-state index contributed by atoms with van der Waals surface area (Å²) in [6.07, 6.45) is -4.95. The predicted molar refractivity (Wildman–Crippen MR) is 55.2 cm³/mol. The zero-order valence-corrected chi connectivity index (χ0v) is 8.70. The highest BCUT2D eigenvalue weighted by atomic mass is 35.5. The summed E-state index contributed by atoms with van der Waals surface area (Å²) in [5.41, 5.74) is 1.55. The lowest BCUT2D eigenvalue weighted by Crippen LogP contribution is -2.14. The highest BCUT2D eigenvalue weighted by Crippen LogP contribution is 2.20. The maximum atomic E-state index is 11.8. The third-order valence-electron chi connectivity index (χ3n) is 1.82. The van der Waals surface area contributed by atoms with Gasteiger partial charge in [0.15, 0.2) is 0 Å². The molecule has 0 saturated heterocycles. The maximum Gasteiger partial charge on any atom is 0.390 e. The second kappa shape index (κ2) is 5.26. The second-order valence-electron chi connectivity index (χ2n) is 3.13. The van der Waals surface area contributed by atoms with Crippen LogP contribution in [0.2, 0.25) is 0 Å². The highest BCUT2D eigenvalue weighted by molar-refractivity contribution is 6.17. The average molecular weight is 238 g/mol. The summed E-state index contributed by atoms with van der Waals surface area (Å²) in [6.45, 7) is -0.116. The van der Waals surface area contributed by atoms with E-state index in [1.165, 1.54) is 0 Å². The Labute approximate surface area is 91.2 Å². The van der Waals surface area contributed by atoms with E-state index < -0.39 is 12.6 Å². The van der Waals surface area contributed by atoms with E-state index in [-0.39, 0.29) is 6.54 Å². The zero-order chi connectivity index (χ0) is 11.3. The second-order valence-corrected chi connectivity index (χ2v) is 3.39. The molecule has 0 spiro atoms. The standard InChI is InChI=1S/C10H11ClF3N/c11-7-8-2-1-3-9(6-8)15-5-4-10(12,13)14/h1-3,6,15H,4-5,7H2. The number of rotatable bonds is 4. The molecule has 0 aliphatic heterocycles. The van der Waals surface area contributed by atoms with Crippen LogP contribution in [-0.4, -0.2) is 12.7 Å². The smallest absolute Gasteiger partial charge is 0.385 e. The molecule has 0 unspecified atom stereocenters. The molecule has 0 aromatic heterocycles. The number of hydrogen-bond acceptors (Lipinski definition) is 1. The lowest BCUT2D eigenvalue weighted by molar-refractivity contribution is -0.131. The summed E-state index contributed by atoms with van der Waals surface area (Å²) in [5.74, 6) is 0.356. The van der Waals surface area contributed by atoms with Crippen LogP contribution in [0.15, 0.2) is 24.3 Å². The normalized spacial score (nSPS) is 11.5. The number of alkyl halides is 4. The molecule has 0 aliphatic carbocycles. The quantitative estimate of drug-likeness (QED) is 0.786. The van der Waals surface area contributed by atoms with E-state index in [4.69, 9.17) is 11.6 Å². The van der Waals surface area contributed by atoms with Crippen LogP contribution in [0, 0.1) is 0 Å². The molecule has 1 rings (SSSR count). The molecule has 15 heavy (non-hydrogen) atoms. The molecule has 0 bridgehead atoms. The molecule has 1 nitrogen and oxygen atoms in total. The Kier molecular flexibility index (Phi) is 4.27. The number of nitrogens with one attached hydrogen (secondary N) is 1. The Morgan fingerprint density at radius 3 is 2.60 bits per heavy atom. The largest absolute Gasteiger partial charge is 0.390 e. The van der Waals surface area contributed by atoms with Crippen molar-refractivity contribution in [3.63, 3.8) is 0 Å². The minimum Gasteiger partial charge on any atom is -0.385 e. The van der Waals surface area contributed by atoms with Crippen LogP contribution in [-0.2, 0) is 5.88 Å². The first-order valence-corrected chi connectivity index (χ1v) is 5.00. The Balaban J connectivity index is 2.44. The van der Waals surface area contributed by atoms with Gasteiger partial charge in [0, 0.05) is 18.1 Å². The van der Waals surface area contributed by atoms with Gasteiger partial charge in [0.2, 0.25) is 0 Å². The molecule has 1 aromatic rings. The Hall–Kier alpha value is -0.900. The van der Waals surface area contributed by atoms with Crippen LogP contribution < -0.4 is 5.32 Å². The van der Waals surface area contributed by atoms with Crippen molar-refractivity contribution in [1.29, 1.82) is 0 Å². The summed E-state index contributed by atoms with van der Waals surface area (Å²) < 4.78 is 35.5. The molecule has 0 radical (unpaired) electrons. The Bertz CT molecular complexity index is 312. The van der Waals surface area contributed by atoms with Crippen LogP contribution in [0.5, 0.6) is 0 Å². The van der Waals surface area contributed by atoms with E-state index in [2.05, 4.69) is 5.32 Å². The van der Waals surface area contributed by atoms with Crippen LogP contribution in [0.25, 0.3) is 0 Å². The third-order valence-corrected chi connectivity index (χ3v) is 2.13. The summed E-state index contributed by atoms with van der Waals surface area (Å²) in [6, 6.07) is 7.03. The van der Waals surface area contributed by atoms with E-state index in [0.717, 1.165) is 5.56 Å². The van der Waals surface area contributed by atoms with Crippen LogP contribution in [0.3, 0.4) is 0 Å². The molecule has 0 atom stereocenters. The van der Waals surface area contributed by atoms with Crippen molar-refractivity contribution >= 4 is 17.3 Å². The van der Waals surface area contributed by atoms with Gasteiger partial charge in [0.25, 0.3) is 0 Å². The molecule has 1 aromatic carbocycles. The fourth-order valence-electron chi connectivity index (χ4n) is 1.11. The molecule has 0 heterocycles. The van der Waals surface area contributed by atoms with Crippen LogP contribution >= 0.6 is 11.6 Å². The summed E-state index contributed by atoms with van der Waals surface area (Å²) in [7, 11) is 0. The predicted octanol–water partition coefficient (Wildman–Crippen LogP) is 3.79. The van der Waals surface area contributed by atoms with Gasteiger partial charge in [-0.3, -0.25) is 0 Å². The van der Waals surface area contributed by atoms with Crippen molar-refractivity contribution in [3.05, 3.63) is 29.8 Å². The molecule has 0 fully saturated rings. The van der Waals surface area contributed by atoms with Crippen molar-refractivity contribution in [2.24, 2.45) is 0 Å². The van der Waals surface area contributed by atoms with E-state index in [1.54, 1.807) is 18.2 Å². The van der Waals surface area contributed by atoms with Gasteiger partial charge in [-0.05, 0) is 17.7 Å². The number of anilines is 1. The molecule has 0 saturated carbocycles. The summed E-state index contributed by atoms with van der Waals surface area (Å²) >= 11 is 5.60. The van der Waals surface area contributed by atoms with E-state index in [9.17, 15) is 13.2 Å². The zero-order valence-electron chi connectivity index (χ0n) is 7.94. The third kappa shape index (κ3) is 4.93. The van der Waals surface area contributed by atoms with Gasteiger partial charge in [-0.15, -0.1) is 11.6 Å². The van der Waals surface area contributed by atoms with Crippen molar-refractivity contribution in [1.82, 2.24) is 0 Å². The summed E-state index contributed by atoms with van der Waals surface area (Å²) in [5, 5.41) is 2.70. The van der Waals surface area contributed by atoms with Gasteiger partial charge >= 0.3 is 6.18 Å². The first kappa shape index (κ1) is 12.2. The minimum absolute atomic E-state index is 0.116. The minimum atomic E-state index is -4.11. The van der Waals surface area contributed by atoms with E-state index in [0.29, 0.717) is 11.6 Å². The summed E-state index contributed by atoms with van der Waals surface area (Å²) in [4.78, 5) is 0. The van der Waals surface area contributed by atoms with Gasteiger partial charge in [0.1, 0.15) is 0 Å². The highest BCUT2D eigenvalue weighted by Gasteiger charge is 2.25. The lowest BCUT2D eigenvalue weighted by Gasteiger charge is -2.09. The molecule has 1 N–H and O–H groups in total. The molecule has 5 heteroatoms. The molecule has 84 valence electrons. The SMILES string of the molecule is FC(F)(F)CCNc1cccc(CCl)c1. The fraction of sp³-hybridized carbons (Fsp3) is 0.400. The van der Waals surface area contributed by atoms with Gasteiger partial charge in [0.05, 0.1) is 6.42 Å². The monoisotopic (exact) mass is 237 g/mol. The van der Waals surface area contributed by atoms with Crippen molar-refractivity contribution in [2.75, 3.05) is 11.9 Å². The van der Waals surface area contributed by atoms with Gasteiger partial charge in [-0.1, -0.05) is 12.1 Å². The van der Waals surface area contributed by atoms with Crippen molar-refractivity contribution in [2.45, 2.75) is 18.5 Å². The van der Waals surface area contributed by atoms with Gasteiger partial charge < -0.3 is 5.32 Å². The van der Waals surface area contributed by atoms with Gasteiger partial charge in [-0.25, -0.2) is 0 Å². The lowest BCUT2D eigenvalue weighted by atomic mass is 10.2. The van der Waals surface area contributed by atoms with E-state index >= 15 is 0 Å². The Morgan fingerprint density at radius 1 is 1.27 bits per heavy atom. The van der Waals surface area contributed by atoms with Crippen LogP contribution in [0.4, 0.5) is 18.9 Å². The topological polar surface area (TPSA) is 12.0 Å².